The van der Waals surface area contributed by atoms with E-state index in [-0.39, 0.29) is 10.9 Å². The van der Waals surface area contributed by atoms with Crippen LogP contribution in [-0.4, -0.2) is 27.7 Å². The molecule has 2 aromatic rings. The SMILES string of the molecule is NC(=S)c1cn[nH]c1NC(=O)c1ccc2c(c1)CCO2. The molecule has 1 amide bonds. The molecule has 0 radical (unpaired) electrons. The minimum absolute atomic E-state index is 0.177. The molecular formula is C13H12N4O2S. The summed E-state index contributed by atoms with van der Waals surface area (Å²) in [6, 6.07) is 5.35. The summed E-state index contributed by atoms with van der Waals surface area (Å²) in [4.78, 5) is 12.4. The van der Waals surface area contributed by atoms with E-state index in [2.05, 4.69) is 15.5 Å². The lowest BCUT2D eigenvalue weighted by molar-refractivity contribution is 0.102. The number of aromatic nitrogens is 2. The molecule has 1 aliphatic rings. The van der Waals surface area contributed by atoms with Crippen LogP contribution in [0.2, 0.25) is 0 Å². The van der Waals surface area contributed by atoms with E-state index in [9.17, 15) is 4.79 Å². The van der Waals surface area contributed by atoms with Gasteiger partial charge in [0, 0.05) is 12.0 Å². The number of anilines is 1. The second kappa shape index (κ2) is 4.93. The van der Waals surface area contributed by atoms with Crippen molar-refractivity contribution in [2.24, 2.45) is 5.73 Å². The number of hydrogen-bond donors (Lipinski definition) is 3. The summed E-state index contributed by atoms with van der Waals surface area (Å²) in [5, 5.41) is 9.20. The molecule has 0 saturated carbocycles. The smallest absolute Gasteiger partial charge is 0.256 e. The normalized spacial score (nSPS) is 12.6. The first-order chi connectivity index (χ1) is 9.65. The van der Waals surface area contributed by atoms with Crippen LogP contribution in [0.1, 0.15) is 21.5 Å². The van der Waals surface area contributed by atoms with Gasteiger partial charge in [0.05, 0.1) is 18.4 Å². The molecule has 1 aliphatic heterocycles. The number of nitrogens with one attached hydrogen (secondary N) is 2. The minimum atomic E-state index is -0.249. The first-order valence-electron chi connectivity index (χ1n) is 6.05. The molecule has 2 heterocycles. The Morgan fingerprint density at radius 2 is 2.35 bits per heavy atom. The van der Waals surface area contributed by atoms with E-state index in [4.69, 9.17) is 22.7 Å². The molecule has 4 N–H and O–H groups in total. The molecule has 0 atom stereocenters. The van der Waals surface area contributed by atoms with Gasteiger partial charge in [-0.2, -0.15) is 5.10 Å². The molecule has 0 bridgehead atoms. The van der Waals surface area contributed by atoms with Gasteiger partial charge in [-0.15, -0.1) is 0 Å². The number of hydrogen-bond acceptors (Lipinski definition) is 4. The van der Waals surface area contributed by atoms with E-state index in [0.717, 1.165) is 17.7 Å². The van der Waals surface area contributed by atoms with Crippen LogP contribution < -0.4 is 15.8 Å². The highest BCUT2D eigenvalue weighted by molar-refractivity contribution is 7.80. The van der Waals surface area contributed by atoms with Crippen molar-refractivity contribution in [1.82, 2.24) is 10.2 Å². The number of rotatable bonds is 3. The van der Waals surface area contributed by atoms with Crippen LogP contribution in [0.3, 0.4) is 0 Å². The zero-order chi connectivity index (χ0) is 14.1. The third-order valence-corrected chi connectivity index (χ3v) is 3.31. The number of aromatic amines is 1. The van der Waals surface area contributed by atoms with Crippen LogP contribution in [0.25, 0.3) is 0 Å². The Morgan fingerprint density at radius 3 is 3.15 bits per heavy atom. The molecule has 102 valence electrons. The lowest BCUT2D eigenvalue weighted by Gasteiger charge is -2.06. The molecule has 1 aromatic heterocycles. The van der Waals surface area contributed by atoms with Crippen molar-refractivity contribution in [1.29, 1.82) is 0 Å². The maximum absolute atomic E-state index is 12.2. The zero-order valence-corrected chi connectivity index (χ0v) is 11.3. The highest BCUT2D eigenvalue weighted by Gasteiger charge is 2.16. The Morgan fingerprint density at radius 1 is 1.50 bits per heavy atom. The van der Waals surface area contributed by atoms with Gasteiger partial charge in [-0.25, -0.2) is 0 Å². The molecule has 3 rings (SSSR count). The minimum Gasteiger partial charge on any atom is -0.493 e. The summed E-state index contributed by atoms with van der Waals surface area (Å²) in [7, 11) is 0. The Balaban J connectivity index is 1.83. The van der Waals surface area contributed by atoms with Gasteiger partial charge in [-0.1, -0.05) is 12.2 Å². The highest BCUT2D eigenvalue weighted by atomic mass is 32.1. The molecule has 0 unspecified atom stereocenters. The zero-order valence-electron chi connectivity index (χ0n) is 10.5. The van der Waals surface area contributed by atoms with Crippen molar-refractivity contribution in [3.8, 4) is 5.75 Å². The number of H-pyrrole nitrogens is 1. The van der Waals surface area contributed by atoms with Crippen molar-refractivity contribution >= 4 is 28.9 Å². The fourth-order valence-corrected chi connectivity index (χ4v) is 2.24. The van der Waals surface area contributed by atoms with Crippen LogP contribution in [0.15, 0.2) is 24.4 Å². The number of benzene rings is 1. The first kappa shape index (κ1) is 12.6. The summed E-state index contributed by atoms with van der Waals surface area (Å²) in [5.74, 6) is 0.993. The lowest BCUT2D eigenvalue weighted by Crippen LogP contribution is -2.17. The molecular weight excluding hydrogens is 276 g/mol. The number of nitrogens with zero attached hydrogens (tertiary/aromatic N) is 1. The highest BCUT2D eigenvalue weighted by Crippen LogP contribution is 2.26. The quantitative estimate of drug-likeness (QED) is 0.739. The molecule has 0 fully saturated rings. The second-order valence-electron chi connectivity index (χ2n) is 4.40. The summed E-state index contributed by atoms with van der Waals surface area (Å²) in [6.45, 7) is 0.659. The van der Waals surface area contributed by atoms with E-state index in [1.165, 1.54) is 6.20 Å². The number of fused-ring (bicyclic) bond motifs is 1. The van der Waals surface area contributed by atoms with Gasteiger partial charge < -0.3 is 15.8 Å². The van der Waals surface area contributed by atoms with Crippen LogP contribution in [0, 0.1) is 0 Å². The van der Waals surface area contributed by atoms with Crippen LogP contribution >= 0.6 is 12.2 Å². The monoisotopic (exact) mass is 288 g/mol. The predicted molar refractivity (Wildman–Crippen MR) is 78.1 cm³/mol. The second-order valence-corrected chi connectivity index (χ2v) is 4.84. The van der Waals surface area contributed by atoms with E-state index < -0.39 is 0 Å². The van der Waals surface area contributed by atoms with E-state index in [0.29, 0.717) is 23.6 Å². The fraction of sp³-hybridized carbons (Fsp3) is 0.154. The summed E-state index contributed by atoms with van der Waals surface area (Å²) >= 11 is 4.89. The number of carbonyl (C=O) groups excluding carboxylic acids is 1. The molecule has 0 spiro atoms. The van der Waals surface area contributed by atoms with Gasteiger partial charge >= 0.3 is 0 Å². The number of thiocarbonyl (C=S) groups is 1. The van der Waals surface area contributed by atoms with Gasteiger partial charge in [-0.3, -0.25) is 9.89 Å². The Kier molecular flexibility index (Phi) is 3.11. The van der Waals surface area contributed by atoms with Gasteiger partial charge in [-0.05, 0) is 23.8 Å². The van der Waals surface area contributed by atoms with Crippen LogP contribution in [0.5, 0.6) is 5.75 Å². The maximum atomic E-state index is 12.2. The molecule has 0 aliphatic carbocycles. The Labute approximate surface area is 120 Å². The molecule has 1 aromatic carbocycles. The number of nitrogens with two attached hydrogens (primary N) is 1. The van der Waals surface area contributed by atoms with Crippen molar-refractivity contribution in [3.05, 3.63) is 41.1 Å². The van der Waals surface area contributed by atoms with Crippen LogP contribution in [0.4, 0.5) is 5.82 Å². The van der Waals surface area contributed by atoms with E-state index in [1.807, 2.05) is 6.07 Å². The van der Waals surface area contributed by atoms with E-state index >= 15 is 0 Å². The molecule has 7 heteroatoms. The third-order valence-electron chi connectivity index (χ3n) is 3.09. The summed E-state index contributed by atoms with van der Waals surface area (Å²) in [5.41, 5.74) is 7.65. The predicted octanol–water partition coefficient (Wildman–Crippen LogP) is 1.23. The number of carbonyl (C=O) groups is 1. The van der Waals surface area contributed by atoms with Gasteiger partial charge in [0.15, 0.2) is 0 Å². The molecule has 20 heavy (non-hydrogen) atoms. The Bertz CT molecular complexity index is 695. The topological polar surface area (TPSA) is 93.0 Å². The lowest BCUT2D eigenvalue weighted by atomic mass is 10.1. The van der Waals surface area contributed by atoms with Gasteiger partial charge in [0.2, 0.25) is 0 Å². The van der Waals surface area contributed by atoms with Crippen molar-refractivity contribution in [3.63, 3.8) is 0 Å². The van der Waals surface area contributed by atoms with Crippen molar-refractivity contribution in [2.75, 3.05) is 11.9 Å². The molecule has 6 nitrogen and oxygen atoms in total. The Hall–Kier alpha value is -2.41. The van der Waals surface area contributed by atoms with Gasteiger partial charge in [0.25, 0.3) is 5.91 Å². The van der Waals surface area contributed by atoms with Crippen LogP contribution in [-0.2, 0) is 6.42 Å². The fourth-order valence-electron chi connectivity index (χ4n) is 2.08. The summed E-state index contributed by atoms with van der Waals surface area (Å²) < 4.78 is 5.41. The molecule has 0 saturated heterocycles. The first-order valence-corrected chi connectivity index (χ1v) is 6.46. The van der Waals surface area contributed by atoms with Crippen molar-refractivity contribution < 1.29 is 9.53 Å². The maximum Gasteiger partial charge on any atom is 0.256 e. The number of amides is 1. The van der Waals surface area contributed by atoms with E-state index in [1.54, 1.807) is 12.1 Å². The number of ether oxygens (including phenoxy) is 1. The average Bonchev–Trinajstić information content (AvgIpc) is 3.05. The third kappa shape index (κ3) is 2.23. The van der Waals surface area contributed by atoms with Gasteiger partial charge in [0.1, 0.15) is 16.6 Å². The summed E-state index contributed by atoms with van der Waals surface area (Å²) in [6.07, 6.45) is 2.30. The standard InChI is InChI=1S/C13H12N4O2S/c14-11(20)9-6-15-17-12(9)16-13(18)8-1-2-10-7(5-8)3-4-19-10/h1-2,5-6H,3-4H2,(H2,14,20)(H2,15,16,17,18). The average molecular weight is 288 g/mol. The van der Waals surface area contributed by atoms with Crippen molar-refractivity contribution in [2.45, 2.75) is 6.42 Å². The largest absolute Gasteiger partial charge is 0.493 e.